The zero-order valence-corrected chi connectivity index (χ0v) is 9.71. The van der Waals surface area contributed by atoms with E-state index in [1.165, 1.54) is 20.0 Å². The van der Waals surface area contributed by atoms with Crippen LogP contribution in [0.3, 0.4) is 0 Å². The average molecular weight is 284 g/mol. The van der Waals surface area contributed by atoms with E-state index in [0.717, 1.165) is 0 Å². The van der Waals surface area contributed by atoms with Gasteiger partial charge in [0, 0.05) is 0 Å². The van der Waals surface area contributed by atoms with Gasteiger partial charge in [0.15, 0.2) is 0 Å². The molecule has 2 rings (SSSR count). The van der Waals surface area contributed by atoms with Crippen LogP contribution in [0.2, 0.25) is 0 Å². The van der Waals surface area contributed by atoms with Gasteiger partial charge in [-0.15, -0.1) is 0 Å². The van der Waals surface area contributed by atoms with Crippen LogP contribution in [-0.4, -0.2) is 40.0 Å². The summed E-state index contributed by atoms with van der Waals surface area (Å²) in [6.07, 6.45) is 4.18. The summed E-state index contributed by atoms with van der Waals surface area (Å²) < 4.78 is 2.43. The van der Waals surface area contributed by atoms with Gasteiger partial charge in [-0.1, -0.05) is 0 Å². The van der Waals surface area contributed by atoms with E-state index in [4.69, 9.17) is 0 Å². The summed E-state index contributed by atoms with van der Waals surface area (Å²) >= 11 is 6.12. The second kappa shape index (κ2) is 3.24. The number of fused-ring (bicyclic) bond motifs is 1. The maximum absolute atomic E-state index is 3.06. The van der Waals surface area contributed by atoms with E-state index in [0.29, 0.717) is 0 Å². The van der Waals surface area contributed by atoms with Gasteiger partial charge in [-0.2, -0.15) is 0 Å². The van der Waals surface area contributed by atoms with Gasteiger partial charge in [-0.05, 0) is 0 Å². The zero-order valence-electron chi connectivity index (χ0n) is 6.28. The van der Waals surface area contributed by atoms with Crippen molar-refractivity contribution in [1.29, 1.82) is 0 Å². The van der Waals surface area contributed by atoms with Crippen LogP contribution in [0.15, 0.2) is 36.4 Å². The molecule has 12 heavy (non-hydrogen) atoms. The summed E-state index contributed by atoms with van der Waals surface area (Å²) in [6, 6.07) is 8.37. The predicted molar refractivity (Wildman–Crippen MR) is 55.3 cm³/mol. The Morgan fingerprint density at radius 3 is 1.58 bits per heavy atom. The van der Waals surface area contributed by atoms with Gasteiger partial charge >= 0.3 is 87.5 Å². The molecule has 0 nitrogen and oxygen atoms in total. The molecule has 0 atom stereocenters. The number of hydrogen-bond donors (Lipinski definition) is 0. The molecule has 1 aliphatic carbocycles. The molecule has 0 radical (unpaired) electrons. The second-order valence-electron chi connectivity index (χ2n) is 2.61. The van der Waals surface area contributed by atoms with Gasteiger partial charge in [0.2, 0.25) is 0 Å². The van der Waals surface area contributed by atoms with Crippen LogP contribution in [0.4, 0.5) is 0 Å². The third kappa shape index (κ3) is 1.32. The number of benzene rings is 1. The van der Waals surface area contributed by atoms with Crippen molar-refractivity contribution >= 4 is 40.0 Å². The SMILES string of the molecule is [Se]=C1C=CC(=[Se])c2ccccc21. The molecule has 0 saturated carbocycles. The van der Waals surface area contributed by atoms with Gasteiger partial charge in [0.05, 0.1) is 0 Å². The maximum atomic E-state index is 3.06. The minimum atomic E-state index is 1.21. The van der Waals surface area contributed by atoms with E-state index >= 15 is 0 Å². The quantitative estimate of drug-likeness (QED) is 0.613. The van der Waals surface area contributed by atoms with E-state index in [9.17, 15) is 0 Å². The Morgan fingerprint density at radius 2 is 1.17 bits per heavy atom. The van der Waals surface area contributed by atoms with Gasteiger partial charge in [0.1, 0.15) is 0 Å². The first-order chi connectivity index (χ1) is 5.79. The standard InChI is InChI=1S/C10H6Se2/c11-9-5-6-10(12)8-4-2-1-3-7(8)9/h1-6H. The van der Waals surface area contributed by atoms with Crippen molar-refractivity contribution in [3.05, 3.63) is 47.5 Å². The Bertz CT molecular complexity index is 352. The number of hydrogen-bond acceptors (Lipinski definition) is 0. The molecule has 0 aliphatic heterocycles. The molecule has 0 saturated heterocycles. The van der Waals surface area contributed by atoms with Gasteiger partial charge in [-0.25, -0.2) is 0 Å². The summed E-state index contributed by atoms with van der Waals surface area (Å²) in [5, 5.41) is 0. The van der Waals surface area contributed by atoms with Gasteiger partial charge in [0.25, 0.3) is 0 Å². The summed E-state index contributed by atoms with van der Waals surface area (Å²) in [4.78, 5) is 0. The molecule has 0 fully saturated rings. The first-order valence-electron chi connectivity index (χ1n) is 3.65. The number of rotatable bonds is 0. The molecule has 2 heteroatoms. The van der Waals surface area contributed by atoms with Crippen molar-refractivity contribution in [2.75, 3.05) is 0 Å². The van der Waals surface area contributed by atoms with E-state index < -0.39 is 0 Å². The molecule has 0 heterocycles. The van der Waals surface area contributed by atoms with Crippen molar-refractivity contribution in [3.63, 3.8) is 0 Å². The molecule has 1 aromatic rings. The third-order valence-corrected chi connectivity index (χ3v) is 3.34. The summed E-state index contributed by atoms with van der Waals surface area (Å²) in [5.41, 5.74) is 2.57. The third-order valence-electron chi connectivity index (χ3n) is 1.84. The topological polar surface area (TPSA) is 0 Å². The summed E-state index contributed by atoms with van der Waals surface area (Å²) in [5.74, 6) is 0. The molecule has 0 N–H and O–H groups in total. The van der Waals surface area contributed by atoms with Crippen LogP contribution >= 0.6 is 0 Å². The molecular formula is C10H6Se2. The normalized spacial score (nSPS) is 14.7. The van der Waals surface area contributed by atoms with Crippen LogP contribution < -0.4 is 0 Å². The average Bonchev–Trinajstić information content (AvgIpc) is 2.12. The first-order valence-corrected chi connectivity index (χ1v) is 5.36. The second-order valence-corrected chi connectivity index (χ2v) is 4.45. The molecule has 1 aromatic carbocycles. The monoisotopic (exact) mass is 286 g/mol. The fraction of sp³-hybridized carbons (Fsp3) is 0. The van der Waals surface area contributed by atoms with Crippen LogP contribution in [0.25, 0.3) is 0 Å². The molecular weight excluding hydrogens is 278 g/mol. The minimum absolute atomic E-state index is 1.21. The summed E-state index contributed by atoms with van der Waals surface area (Å²) in [6.45, 7) is 0. The van der Waals surface area contributed by atoms with Crippen molar-refractivity contribution in [2.24, 2.45) is 0 Å². The van der Waals surface area contributed by atoms with Crippen LogP contribution in [0, 0.1) is 0 Å². The molecule has 0 unspecified atom stereocenters. The Hall–Kier alpha value is -0.261. The Morgan fingerprint density at radius 1 is 0.750 bits per heavy atom. The van der Waals surface area contributed by atoms with Crippen molar-refractivity contribution < 1.29 is 0 Å². The number of allylic oxidation sites excluding steroid dienone is 2. The molecule has 0 bridgehead atoms. The molecule has 0 amide bonds. The fourth-order valence-corrected chi connectivity index (χ4v) is 2.28. The van der Waals surface area contributed by atoms with Crippen LogP contribution in [-0.2, 0) is 0 Å². The van der Waals surface area contributed by atoms with E-state index in [-0.39, 0.29) is 0 Å². The van der Waals surface area contributed by atoms with Crippen LogP contribution in [0.5, 0.6) is 0 Å². The Kier molecular flexibility index (Phi) is 2.25. The summed E-state index contributed by atoms with van der Waals surface area (Å²) in [7, 11) is 0. The van der Waals surface area contributed by atoms with Crippen LogP contribution in [0.1, 0.15) is 11.1 Å². The Balaban J connectivity index is 2.69. The fourth-order valence-electron chi connectivity index (χ4n) is 1.24. The van der Waals surface area contributed by atoms with E-state index in [2.05, 4.69) is 67.6 Å². The van der Waals surface area contributed by atoms with Gasteiger partial charge in [-0.3, -0.25) is 0 Å². The van der Waals surface area contributed by atoms with Crippen molar-refractivity contribution in [3.8, 4) is 0 Å². The van der Waals surface area contributed by atoms with Crippen molar-refractivity contribution in [1.82, 2.24) is 0 Å². The van der Waals surface area contributed by atoms with Crippen molar-refractivity contribution in [2.45, 2.75) is 0 Å². The molecule has 58 valence electrons. The van der Waals surface area contributed by atoms with Gasteiger partial charge < -0.3 is 0 Å². The first kappa shape index (κ1) is 8.34. The molecule has 1 aliphatic rings. The predicted octanol–water partition coefficient (Wildman–Crippen LogP) is 0.634. The Labute approximate surface area is 87.4 Å². The zero-order chi connectivity index (χ0) is 8.55. The molecule has 0 spiro atoms. The molecule has 0 aromatic heterocycles. The van der Waals surface area contributed by atoms with E-state index in [1.807, 2.05) is 0 Å². The van der Waals surface area contributed by atoms with E-state index in [1.54, 1.807) is 0 Å².